The zero-order valence-corrected chi connectivity index (χ0v) is 9.84. The highest BCUT2D eigenvalue weighted by Crippen LogP contribution is 2.24. The highest BCUT2D eigenvalue weighted by molar-refractivity contribution is 5.55. The monoisotopic (exact) mass is 225 g/mol. The van der Waals surface area contributed by atoms with Crippen molar-refractivity contribution in [2.45, 2.75) is 12.8 Å². The normalized spacial score (nSPS) is 19.4. The van der Waals surface area contributed by atoms with Gasteiger partial charge < -0.3 is 10.9 Å². The summed E-state index contributed by atoms with van der Waals surface area (Å²) >= 11 is 0. The molecule has 0 amide bonds. The predicted octanol–water partition coefficient (Wildman–Crippen LogP) is 4.50. The molecule has 1 aliphatic rings. The van der Waals surface area contributed by atoms with E-state index >= 15 is 0 Å². The number of para-hydroxylation sites is 1. The molecule has 0 saturated heterocycles. The van der Waals surface area contributed by atoms with Crippen molar-refractivity contribution in [3.05, 3.63) is 72.8 Å². The number of hydrogen-bond acceptors (Lipinski definition) is 1. The van der Waals surface area contributed by atoms with Gasteiger partial charge in [0, 0.05) is 11.4 Å². The highest BCUT2D eigenvalue weighted by atomic mass is 15.4. The molecule has 1 unspecified atom stereocenters. The van der Waals surface area contributed by atoms with Crippen LogP contribution in [0.3, 0.4) is 0 Å². The molecule has 0 aromatic heterocycles. The Morgan fingerprint density at radius 2 is 2.00 bits per heavy atom. The number of rotatable bonds is 3. The first-order valence-electron chi connectivity index (χ1n) is 5.87. The van der Waals surface area contributed by atoms with Gasteiger partial charge in [-0.05, 0) is 37.0 Å². The Bertz CT molecular complexity index is 431. The second-order valence-corrected chi connectivity index (χ2v) is 4.17. The number of hydrogen-bond donors (Lipinski definition) is 0. The topological polar surface area (TPSA) is 27.0 Å². The van der Waals surface area contributed by atoms with E-state index < -0.39 is 0 Å². The lowest BCUT2D eigenvalue weighted by atomic mass is 10.0. The Morgan fingerprint density at radius 3 is 2.71 bits per heavy atom. The molecule has 1 N–H and O–H groups in total. The molecule has 0 heterocycles. The molecular formula is C15H17N2-. The zero-order chi connectivity index (χ0) is 12.1. The summed E-state index contributed by atoms with van der Waals surface area (Å²) in [6.45, 7) is 3.83. The molecule has 0 saturated carbocycles. The van der Waals surface area contributed by atoms with Gasteiger partial charge in [0.25, 0.3) is 0 Å². The largest absolute Gasteiger partial charge is 0.578 e. The minimum Gasteiger partial charge on any atom is -0.578 e. The Morgan fingerprint density at radius 1 is 1.24 bits per heavy atom. The van der Waals surface area contributed by atoms with Gasteiger partial charge in [-0.15, -0.1) is 6.58 Å². The smallest absolute Gasteiger partial charge is 0.0237 e. The molecule has 2 nitrogen and oxygen atoms in total. The molecule has 1 atom stereocenters. The first kappa shape index (κ1) is 11.7. The van der Waals surface area contributed by atoms with Gasteiger partial charge in [-0.2, -0.15) is 0 Å². The van der Waals surface area contributed by atoms with E-state index in [4.69, 9.17) is 5.84 Å². The van der Waals surface area contributed by atoms with Crippen molar-refractivity contribution in [2.75, 3.05) is 5.01 Å². The lowest BCUT2D eigenvalue weighted by Crippen LogP contribution is -2.10. The molecule has 0 fully saturated rings. The van der Waals surface area contributed by atoms with Gasteiger partial charge in [0.15, 0.2) is 0 Å². The quantitative estimate of drug-likeness (QED) is 0.549. The zero-order valence-electron chi connectivity index (χ0n) is 9.84. The SMILES string of the molecule is C=CC1CC=CC(N([NH-])c2ccccc2)=CC1. The molecule has 0 bridgehead atoms. The summed E-state index contributed by atoms with van der Waals surface area (Å²) in [6.07, 6.45) is 10.2. The van der Waals surface area contributed by atoms with E-state index in [0.717, 1.165) is 24.2 Å². The summed E-state index contributed by atoms with van der Waals surface area (Å²) in [5.41, 5.74) is 1.82. The number of anilines is 1. The van der Waals surface area contributed by atoms with Crippen LogP contribution in [0.5, 0.6) is 0 Å². The van der Waals surface area contributed by atoms with Gasteiger partial charge in [-0.3, -0.25) is 0 Å². The number of nitrogens with zero attached hydrogens (tertiary/aromatic N) is 1. The van der Waals surface area contributed by atoms with Gasteiger partial charge in [0.2, 0.25) is 0 Å². The van der Waals surface area contributed by atoms with Crippen LogP contribution in [0.15, 0.2) is 66.9 Å². The average molecular weight is 225 g/mol. The van der Waals surface area contributed by atoms with Crippen LogP contribution in [0, 0.1) is 5.92 Å². The van der Waals surface area contributed by atoms with Crippen LogP contribution < -0.4 is 5.01 Å². The van der Waals surface area contributed by atoms with E-state index in [9.17, 15) is 0 Å². The van der Waals surface area contributed by atoms with Crippen molar-refractivity contribution >= 4 is 5.69 Å². The van der Waals surface area contributed by atoms with E-state index in [1.54, 1.807) is 0 Å². The van der Waals surface area contributed by atoms with Crippen LogP contribution in [0.1, 0.15) is 12.8 Å². The molecule has 1 aliphatic carbocycles. The summed E-state index contributed by atoms with van der Waals surface area (Å²) in [7, 11) is 0. The number of allylic oxidation sites excluding steroid dienone is 4. The fourth-order valence-corrected chi connectivity index (χ4v) is 1.88. The maximum Gasteiger partial charge on any atom is 0.0237 e. The molecule has 17 heavy (non-hydrogen) atoms. The van der Waals surface area contributed by atoms with Crippen molar-refractivity contribution in [3.8, 4) is 0 Å². The predicted molar refractivity (Wildman–Crippen MR) is 73.4 cm³/mol. The summed E-state index contributed by atoms with van der Waals surface area (Å²) in [6, 6.07) is 9.74. The van der Waals surface area contributed by atoms with Crippen LogP contribution >= 0.6 is 0 Å². The summed E-state index contributed by atoms with van der Waals surface area (Å²) < 4.78 is 0. The Balaban J connectivity index is 2.17. The second-order valence-electron chi connectivity index (χ2n) is 4.17. The minimum atomic E-state index is 0.493. The molecule has 1 aromatic rings. The van der Waals surface area contributed by atoms with Gasteiger partial charge >= 0.3 is 0 Å². The molecular weight excluding hydrogens is 208 g/mol. The standard InChI is InChI=1S/C15H17N2/c1-2-13-7-6-10-15(12-11-13)17(16)14-8-4-3-5-9-14/h2-6,8-10,12-13,16H,1,7,11H2/q-1. The molecule has 1 aromatic carbocycles. The average Bonchev–Trinajstić information content (AvgIpc) is 2.64. The molecule has 0 spiro atoms. The summed E-state index contributed by atoms with van der Waals surface area (Å²) in [4.78, 5) is 0. The lowest BCUT2D eigenvalue weighted by Gasteiger charge is -2.30. The Labute approximate surface area is 103 Å². The third-order valence-corrected chi connectivity index (χ3v) is 2.96. The summed E-state index contributed by atoms with van der Waals surface area (Å²) in [5, 5.41) is 1.47. The van der Waals surface area contributed by atoms with E-state index in [1.807, 2.05) is 42.5 Å². The van der Waals surface area contributed by atoms with Crippen LogP contribution in [0.4, 0.5) is 5.69 Å². The van der Waals surface area contributed by atoms with Crippen LogP contribution in [-0.4, -0.2) is 0 Å². The molecule has 0 aliphatic heterocycles. The maximum absolute atomic E-state index is 8.12. The third kappa shape index (κ3) is 2.86. The van der Waals surface area contributed by atoms with Crippen LogP contribution in [0.2, 0.25) is 0 Å². The molecule has 88 valence electrons. The van der Waals surface area contributed by atoms with Gasteiger partial charge in [-0.1, -0.05) is 36.4 Å². The Hall–Kier alpha value is -1.80. The van der Waals surface area contributed by atoms with Crippen molar-refractivity contribution in [3.63, 3.8) is 0 Å². The van der Waals surface area contributed by atoms with E-state index in [1.165, 1.54) is 5.01 Å². The minimum absolute atomic E-state index is 0.493. The summed E-state index contributed by atoms with van der Waals surface area (Å²) in [5.74, 6) is 8.61. The second kappa shape index (κ2) is 5.51. The molecule has 0 radical (unpaired) electrons. The fraction of sp³-hybridized carbons (Fsp3) is 0.200. The van der Waals surface area contributed by atoms with E-state index in [2.05, 4.69) is 18.7 Å². The van der Waals surface area contributed by atoms with Crippen molar-refractivity contribution in [1.82, 2.24) is 0 Å². The van der Waals surface area contributed by atoms with Crippen molar-refractivity contribution in [1.29, 1.82) is 0 Å². The van der Waals surface area contributed by atoms with E-state index in [0.29, 0.717) is 5.92 Å². The van der Waals surface area contributed by atoms with Crippen LogP contribution in [-0.2, 0) is 0 Å². The number of nitrogens with one attached hydrogen (secondary N) is 1. The van der Waals surface area contributed by atoms with Crippen molar-refractivity contribution < 1.29 is 0 Å². The lowest BCUT2D eigenvalue weighted by molar-refractivity contribution is 0.680. The van der Waals surface area contributed by atoms with Crippen LogP contribution in [0.25, 0.3) is 5.84 Å². The molecule has 2 heteroatoms. The highest BCUT2D eigenvalue weighted by Gasteiger charge is 2.06. The fourth-order valence-electron chi connectivity index (χ4n) is 1.88. The van der Waals surface area contributed by atoms with E-state index in [-0.39, 0.29) is 0 Å². The van der Waals surface area contributed by atoms with Gasteiger partial charge in [-0.25, -0.2) is 0 Å². The molecule has 2 rings (SSSR count). The first-order chi connectivity index (χ1) is 8.31. The maximum atomic E-state index is 8.12. The Kier molecular flexibility index (Phi) is 3.78. The first-order valence-corrected chi connectivity index (χ1v) is 5.87. The van der Waals surface area contributed by atoms with Gasteiger partial charge in [0.05, 0.1) is 0 Å². The van der Waals surface area contributed by atoms with Gasteiger partial charge in [0.1, 0.15) is 0 Å². The third-order valence-electron chi connectivity index (χ3n) is 2.96. The van der Waals surface area contributed by atoms with Crippen molar-refractivity contribution in [2.24, 2.45) is 5.92 Å². The number of benzene rings is 1.